The van der Waals surface area contributed by atoms with Crippen LogP contribution in [0.5, 0.6) is 0 Å². The summed E-state index contributed by atoms with van der Waals surface area (Å²) < 4.78 is 39.8. The van der Waals surface area contributed by atoms with Crippen molar-refractivity contribution in [2.24, 2.45) is 0 Å². The molecule has 0 spiro atoms. The third-order valence-corrected chi connectivity index (χ3v) is 4.51. The topological polar surface area (TPSA) is 99.5 Å². The van der Waals surface area contributed by atoms with Gasteiger partial charge in [0.25, 0.3) is 0 Å². The van der Waals surface area contributed by atoms with Gasteiger partial charge in [-0.05, 0) is 52.0 Å². The number of halogens is 3. The first-order valence-electron chi connectivity index (χ1n) is 9.79. The van der Waals surface area contributed by atoms with Crippen LogP contribution in [0, 0.1) is 11.6 Å². The van der Waals surface area contributed by atoms with Crippen LogP contribution in [0.15, 0.2) is 35.3 Å². The van der Waals surface area contributed by atoms with Crippen LogP contribution in [0.4, 0.5) is 19.3 Å². The lowest BCUT2D eigenvalue weighted by molar-refractivity contribution is 0.0523. The number of nitrogens with zero attached hydrogens (tertiary/aromatic N) is 2. The molecule has 1 N–H and O–H groups in total. The number of benzene rings is 1. The number of fused-ring (bicyclic) bond motifs is 1. The molecule has 3 rings (SSSR count). The third kappa shape index (κ3) is 5.28. The summed E-state index contributed by atoms with van der Waals surface area (Å²) in [7, 11) is 0. The van der Waals surface area contributed by atoms with Gasteiger partial charge in [0.15, 0.2) is 11.0 Å². The molecule has 0 fully saturated rings. The van der Waals surface area contributed by atoms with Crippen LogP contribution >= 0.6 is 11.6 Å². The summed E-state index contributed by atoms with van der Waals surface area (Å²) >= 11 is 5.81. The summed E-state index contributed by atoms with van der Waals surface area (Å²) in [5.74, 6) is -2.65. The highest BCUT2D eigenvalue weighted by molar-refractivity contribution is 6.29. The zero-order chi connectivity index (χ0) is 24.5. The minimum absolute atomic E-state index is 0.00401. The molecule has 0 aliphatic carbocycles. The molecular weight excluding hydrogens is 460 g/mol. The lowest BCUT2D eigenvalue weighted by Gasteiger charge is -2.20. The monoisotopic (exact) mass is 479 g/mol. The third-order valence-electron chi connectivity index (χ3n) is 4.25. The molecule has 8 nitrogen and oxygen atoms in total. The van der Waals surface area contributed by atoms with Crippen molar-refractivity contribution >= 4 is 40.4 Å². The maximum atomic E-state index is 14.4. The van der Waals surface area contributed by atoms with Crippen molar-refractivity contribution < 1.29 is 27.8 Å². The second kappa shape index (κ2) is 9.14. The Morgan fingerprint density at radius 1 is 1.18 bits per heavy atom. The van der Waals surface area contributed by atoms with E-state index in [-0.39, 0.29) is 34.6 Å². The van der Waals surface area contributed by atoms with E-state index >= 15 is 0 Å². The van der Waals surface area contributed by atoms with Crippen molar-refractivity contribution in [3.05, 3.63) is 63.0 Å². The van der Waals surface area contributed by atoms with Gasteiger partial charge in [0.1, 0.15) is 22.6 Å². The van der Waals surface area contributed by atoms with Crippen LogP contribution in [0.3, 0.4) is 0 Å². The fourth-order valence-electron chi connectivity index (χ4n) is 2.93. The number of aromatic nitrogens is 2. The first kappa shape index (κ1) is 24.1. The van der Waals surface area contributed by atoms with Crippen LogP contribution in [-0.2, 0) is 9.47 Å². The predicted molar refractivity (Wildman–Crippen MR) is 118 cm³/mol. The Bertz CT molecular complexity index is 1320. The quantitative estimate of drug-likeness (QED) is 0.424. The van der Waals surface area contributed by atoms with Crippen molar-refractivity contribution in [2.75, 3.05) is 11.9 Å². The van der Waals surface area contributed by atoms with Gasteiger partial charge in [0.05, 0.1) is 17.7 Å². The molecule has 174 valence electrons. The molecule has 11 heteroatoms. The number of carbonyl (C=O) groups is 2. The number of anilines is 1. The van der Waals surface area contributed by atoms with Crippen LogP contribution in [-0.4, -0.2) is 33.8 Å². The van der Waals surface area contributed by atoms with Gasteiger partial charge in [-0.1, -0.05) is 11.6 Å². The molecule has 0 radical (unpaired) electrons. The summed E-state index contributed by atoms with van der Waals surface area (Å²) in [6, 6.07) is 4.46. The zero-order valence-corrected chi connectivity index (χ0v) is 18.9. The van der Waals surface area contributed by atoms with Gasteiger partial charge in [0.2, 0.25) is 5.43 Å². The van der Waals surface area contributed by atoms with E-state index in [9.17, 15) is 23.2 Å². The molecule has 0 bridgehead atoms. The SMILES string of the molecule is CCOC(=O)c1cn(-c2ccc(F)c(NC(=O)OC(C)(C)C)c2)c2nc(Cl)c(F)cc2c1=O. The van der Waals surface area contributed by atoms with Crippen molar-refractivity contribution in [2.45, 2.75) is 33.3 Å². The molecule has 0 aliphatic heterocycles. The summed E-state index contributed by atoms with van der Waals surface area (Å²) in [5.41, 5.74) is -2.15. The number of nitrogens with one attached hydrogen (secondary N) is 1. The number of ether oxygens (including phenoxy) is 2. The van der Waals surface area contributed by atoms with Gasteiger partial charge >= 0.3 is 12.1 Å². The van der Waals surface area contributed by atoms with E-state index in [1.807, 2.05) is 0 Å². The maximum Gasteiger partial charge on any atom is 0.412 e. The second-order valence-corrected chi connectivity index (χ2v) is 8.24. The second-order valence-electron chi connectivity index (χ2n) is 7.89. The molecule has 0 atom stereocenters. The van der Waals surface area contributed by atoms with E-state index in [1.54, 1.807) is 27.7 Å². The number of hydrogen-bond acceptors (Lipinski definition) is 6. The first-order valence-corrected chi connectivity index (χ1v) is 10.2. The van der Waals surface area contributed by atoms with Crippen LogP contribution in [0.1, 0.15) is 38.1 Å². The molecule has 0 unspecified atom stereocenters. The molecule has 0 saturated heterocycles. The smallest absolute Gasteiger partial charge is 0.412 e. The Labute approximate surface area is 192 Å². The number of carbonyl (C=O) groups excluding carboxylic acids is 2. The number of amides is 1. The summed E-state index contributed by atoms with van der Waals surface area (Å²) in [5, 5.41) is 1.56. The van der Waals surface area contributed by atoms with Crippen LogP contribution < -0.4 is 10.7 Å². The van der Waals surface area contributed by atoms with Gasteiger partial charge < -0.3 is 14.0 Å². The largest absolute Gasteiger partial charge is 0.462 e. The summed E-state index contributed by atoms with van der Waals surface area (Å²) in [6.45, 7) is 6.52. The van der Waals surface area contributed by atoms with Crippen LogP contribution in [0.2, 0.25) is 5.15 Å². The molecule has 1 amide bonds. The van der Waals surface area contributed by atoms with Gasteiger partial charge in [-0.2, -0.15) is 0 Å². The van der Waals surface area contributed by atoms with Crippen molar-refractivity contribution in [3.63, 3.8) is 0 Å². The van der Waals surface area contributed by atoms with Crippen LogP contribution in [0.25, 0.3) is 16.7 Å². The molecule has 0 saturated carbocycles. The molecule has 2 aromatic heterocycles. The van der Waals surface area contributed by atoms with E-state index in [1.165, 1.54) is 16.7 Å². The van der Waals surface area contributed by atoms with Gasteiger partial charge in [-0.25, -0.2) is 23.4 Å². The minimum atomic E-state index is -0.958. The molecule has 33 heavy (non-hydrogen) atoms. The summed E-state index contributed by atoms with van der Waals surface area (Å²) in [6.07, 6.45) is 0.243. The van der Waals surface area contributed by atoms with E-state index in [0.29, 0.717) is 0 Å². The minimum Gasteiger partial charge on any atom is -0.462 e. The molecule has 1 aromatic carbocycles. The van der Waals surface area contributed by atoms with E-state index in [0.717, 1.165) is 18.3 Å². The highest BCUT2D eigenvalue weighted by Crippen LogP contribution is 2.25. The van der Waals surface area contributed by atoms with E-state index < -0.39 is 39.9 Å². The average molecular weight is 480 g/mol. The van der Waals surface area contributed by atoms with Gasteiger partial charge in [0, 0.05) is 11.9 Å². The Morgan fingerprint density at radius 2 is 1.88 bits per heavy atom. The molecule has 3 aromatic rings. The average Bonchev–Trinajstić information content (AvgIpc) is 2.70. The lowest BCUT2D eigenvalue weighted by atomic mass is 10.1. The number of esters is 1. The van der Waals surface area contributed by atoms with E-state index in [2.05, 4.69) is 10.3 Å². The van der Waals surface area contributed by atoms with Gasteiger partial charge in [-0.3, -0.25) is 10.1 Å². The fraction of sp³-hybridized carbons (Fsp3) is 0.273. The lowest BCUT2D eigenvalue weighted by Crippen LogP contribution is -2.27. The summed E-state index contributed by atoms with van der Waals surface area (Å²) in [4.78, 5) is 41.1. The highest BCUT2D eigenvalue weighted by atomic mass is 35.5. The Morgan fingerprint density at radius 3 is 2.52 bits per heavy atom. The Hall–Kier alpha value is -3.53. The van der Waals surface area contributed by atoms with Crippen molar-refractivity contribution in [3.8, 4) is 5.69 Å². The van der Waals surface area contributed by atoms with Gasteiger partial charge in [-0.15, -0.1) is 0 Å². The Balaban J connectivity index is 2.21. The zero-order valence-electron chi connectivity index (χ0n) is 18.2. The molecular formula is C22H20ClF2N3O5. The Kier molecular flexibility index (Phi) is 6.68. The first-order chi connectivity index (χ1) is 15.4. The number of pyridine rings is 2. The fourth-order valence-corrected chi connectivity index (χ4v) is 3.06. The standard InChI is InChI=1S/C22H20ClF2N3O5/c1-5-32-20(30)13-10-28(19-12(17(13)29)9-15(25)18(23)27-19)11-6-7-14(24)16(8-11)26-21(31)33-22(2,3)4/h6-10H,5H2,1-4H3,(H,26,31). The highest BCUT2D eigenvalue weighted by Gasteiger charge is 2.21. The molecule has 0 aliphatic rings. The predicted octanol–water partition coefficient (Wildman–Crippen LogP) is 4.84. The maximum absolute atomic E-state index is 14.4. The normalized spacial score (nSPS) is 11.4. The number of hydrogen-bond donors (Lipinski definition) is 1. The number of rotatable bonds is 4. The van der Waals surface area contributed by atoms with Crippen molar-refractivity contribution in [1.29, 1.82) is 0 Å². The van der Waals surface area contributed by atoms with E-state index in [4.69, 9.17) is 21.1 Å². The van der Waals surface area contributed by atoms with Crippen molar-refractivity contribution in [1.82, 2.24) is 9.55 Å². The molecule has 2 heterocycles.